The van der Waals surface area contributed by atoms with Crippen LogP contribution in [0.3, 0.4) is 0 Å². The van der Waals surface area contributed by atoms with Crippen molar-refractivity contribution in [2.24, 2.45) is 10.9 Å². The number of benzene rings is 2. The summed E-state index contributed by atoms with van der Waals surface area (Å²) < 4.78 is 0. The van der Waals surface area contributed by atoms with Crippen LogP contribution in [0.4, 0.5) is 0 Å². The number of hydrogen-bond acceptors (Lipinski definition) is 3. The van der Waals surface area contributed by atoms with Crippen molar-refractivity contribution in [1.29, 1.82) is 5.26 Å². The molecule has 1 fully saturated rings. The second-order valence-electron chi connectivity index (χ2n) is 11.0. The van der Waals surface area contributed by atoms with E-state index in [9.17, 15) is 5.26 Å². The minimum Gasteiger partial charge on any atom is -0.373 e. The minimum absolute atomic E-state index is 0.150. The Morgan fingerprint density at radius 2 is 1.89 bits per heavy atom. The van der Waals surface area contributed by atoms with E-state index < -0.39 is 0 Å². The number of rotatable bonds is 12. The Labute approximate surface area is 224 Å². The second kappa shape index (κ2) is 12.9. The van der Waals surface area contributed by atoms with E-state index in [4.69, 9.17) is 0 Å². The molecule has 0 heterocycles. The highest BCUT2D eigenvalue weighted by Crippen LogP contribution is 2.41. The van der Waals surface area contributed by atoms with Gasteiger partial charge in [0.25, 0.3) is 0 Å². The first kappa shape index (κ1) is 26.9. The first-order valence-electron chi connectivity index (χ1n) is 14.3. The van der Waals surface area contributed by atoms with Crippen LogP contribution in [0.2, 0.25) is 0 Å². The summed E-state index contributed by atoms with van der Waals surface area (Å²) in [5, 5.41) is 9.81. The van der Waals surface area contributed by atoms with Crippen LogP contribution in [-0.4, -0.2) is 30.2 Å². The van der Waals surface area contributed by atoms with Gasteiger partial charge >= 0.3 is 0 Å². The number of unbranched alkanes of at least 4 members (excludes halogenated alkanes) is 2. The molecule has 2 aliphatic carbocycles. The molecular formula is C34H43N3. The zero-order chi connectivity index (χ0) is 26.1. The molecule has 0 bridgehead atoms. The Bertz CT molecular complexity index is 1130. The van der Waals surface area contributed by atoms with Crippen LogP contribution in [0.5, 0.6) is 0 Å². The van der Waals surface area contributed by atoms with Crippen molar-refractivity contribution in [3.8, 4) is 6.07 Å². The summed E-state index contributed by atoms with van der Waals surface area (Å²) in [6.45, 7) is 13.0. The molecule has 2 aromatic rings. The third-order valence-electron chi connectivity index (χ3n) is 8.48. The minimum atomic E-state index is -0.150. The van der Waals surface area contributed by atoms with Crippen LogP contribution < -0.4 is 0 Å². The van der Waals surface area contributed by atoms with Crippen molar-refractivity contribution >= 4 is 12.3 Å². The Balaban J connectivity index is 1.47. The van der Waals surface area contributed by atoms with E-state index in [1.807, 2.05) is 6.07 Å². The predicted molar refractivity (Wildman–Crippen MR) is 157 cm³/mol. The lowest BCUT2D eigenvalue weighted by Gasteiger charge is -2.39. The molecule has 0 saturated heterocycles. The molecular weight excluding hydrogens is 450 g/mol. The topological polar surface area (TPSA) is 39.4 Å². The van der Waals surface area contributed by atoms with Gasteiger partial charge in [0.05, 0.1) is 17.2 Å². The van der Waals surface area contributed by atoms with Gasteiger partial charge in [-0.1, -0.05) is 81.7 Å². The van der Waals surface area contributed by atoms with Gasteiger partial charge in [-0.3, -0.25) is 4.99 Å². The first-order chi connectivity index (χ1) is 18.1. The molecule has 0 spiro atoms. The number of allylic oxidation sites excluding steroid dienone is 2. The average Bonchev–Trinajstić information content (AvgIpc) is 3.44. The molecule has 194 valence electrons. The Morgan fingerprint density at radius 3 is 2.54 bits per heavy atom. The fourth-order valence-corrected chi connectivity index (χ4v) is 6.19. The summed E-state index contributed by atoms with van der Waals surface area (Å²) >= 11 is 0. The van der Waals surface area contributed by atoms with Crippen molar-refractivity contribution in [3.63, 3.8) is 0 Å². The molecule has 0 aromatic heterocycles. The van der Waals surface area contributed by atoms with Crippen LogP contribution in [-0.2, 0) is 6.42 Å². The Hall–Kier alpha value is -3.12. The standard InChI is InChI=1S/C34H43N3/c1-4-5-11-22-37(27(2)34(36-3)20-9-10-21-34)26-29-14-17-31(18-15-29)33-24-30(16-19-32(33)25-35)23-28-12-7-6-8-13-28/h6-8,12-13,16-17,19,24,29H,2-5,9-11,14-15,18,20-23,26H2,1H3. The van der Waals surface area contributed by atoms with E-state index in [1.54, 1.807) is 0 Å². The fraction of sp³-hybridized carbons (Fsp3) is 0.471. The van der Waals surface area contributed by atoms with Gasteiger partial charge in [0.1, 0.15) is 0 Å². The van der Waals surface area contributed by atoms with E-state index in [-0.39, 0.29) is 5.54 Å². The summed E-state index contributed by atoms with van der Waals surface area (Å²) in [6, 6.07) is 19.4. The summed E-state index contributed by atoms with van der Waals surface area (Å²) in [4.78, 5) is 7.19. The van der Waals surface area contributed by atoms with E-state index in [1.165, 1.54) is 54.5 Å². The predicted octanol–water partition coefficient (Wildman–Crippen LogP) is 8.35. The van der Waals surface area contributed by atoms with Crippen LogP contribution in [0.25, 0.3) is 5.57 Å². The highest BCUT2D eigenvalue weighted by molar-refractivity contribution is 5.72. The quantitative estimate of drug-likeness (QED) is 0.220. The molecule has 3 nitrogen and oxygen atoms in total. The van der Waals surface area contributed by atoms with Gasteiger partial charge < -0.3 is 4.90 Å². The number of hydrogen-bond donors (Lipinski definition) is 0. The van der Waals surface area contributed by atoms with Crippen LogP contribution in [0.15, 0.2) is 71.9 Å². The lowest BCUT2D eigenvalue weighted by atomic mass is 9.83. The summed E-state index contributed by atoms with van der Waals surface area (Å²) in [5.74, 6) is 0.600. The molecule has 3 heteroatoms. The van der Waals surface area contributed by atoms with Crippen molar-refractivity contribution < 1.29 is 0 Å². The highest BCUT2D eigenvalue weighted by atomic mass is 15.2. The van der Waals surface area contributed by atoms with Gasteiger partial charge in [0.15, 0.2) is 0 Å². The van der Waals surface area contributed by atoms with Gasteiger partial charge in [-0.25, -0.2) is 0 Å². The van der Waals surface area contributed by atoms with Crippen molar-refractivity contribution in [1.82, 2.24) is 4.90 Å². The summed E-state index contributed by atoms with van der Waals surface area (Å²) in [7, 11) is 0. The molecule has 37 heavy (non-hydrogen) atoms. The zero-order valence-electron chi connectivity index (χ0n) is 22.7. The third-order valence-corrected chi connectivity index (χ3v) is 8.48. The largest absolute Gasteiger partial charge is 0.373 e. The van der Waals surface area contributed by atoms with E-state index >= 15 is 0 Å². The molecule has 1 unspecified atom stereocenters. The van der Waals surface area contributed by atoms with E-state index in [2.05, 4.69) is 84.7 Å². The molecule has 2 aromatic carbocycles. The van der Waals surface area contributed by atoms with Gasteiger partial charge in [-0.05, 0) is 92.0 Å². The van der Waals surface area contributed by atoms with Crippen molar-refractivity contribution in [2.45, 2.75) is 83.1 Å². The number of aliphatic imine (C=N–C) groups is 1. The third kappa shape index (κ3) is 6.61. The number of nitrogens with zero attached hydrogens (tertiary/aromatic N) is 3. The van der Waals surface area contributed by atoms with E-state index in [0.29, 0.717) is 5.92 Å². The maximum absolute atomic E-state index is 9.81. The molecule has 0 amide bonds. The lowest BCUT2D eigenvalue weighted by Crippen LogP contribution is -2.40. The molecule has 0 N–H and O–H groups in total. The molecule has 1 saturated carbocycles. The Morgan fingerprint density at radius 1 is 1.11 bits per heavy atom. The maximum Gasteiger partial charge on any atom is 0.0998 e. The summed E-state index contributed by atoms with van der Waals surface area (Å²) in [5.41, 5.74) is 6.86. The van der Waals surface area contributed by atoms with Crippen LogP contribution in [0.1, 0.15) is 93.4 Å². The SMILES string of the molecule is C=NC1(C(=C)N(CCCCC)CC2CC=C(c3cc(Cc4ccccc4)ccc3C#N)CC2)CCCC1. The van der Waals surface area contributed by atoms with E-state index in [0.717, 1.165) is 62.7 Å². The van der Waals surface area contributed by atoms with Crippen LogP contribution >= 0.6 is 0 Å². The van der Waals surface area contributed by atoms with Crippen molar-refractivity contribution in [3.05, 3.63) is 89.1 Å². The molecule has 1 atom stereocenters. The normalized spacial score (nSPS) is 18.6. The lowest BCUT2D eigenvalue weighted by molar-refractivity contribution is 0.234. The van der Waals surface area contributed by atoms with Crippen LogP contribution in [0, 0.1) is 17.2 Å². The molecule has 4 rings (SSSR count). The maximum atomic E-state index is 9.81. The second-order valence-corrected chi connectivity index (χ2v) is 11.0. The smallest absolute Gasteiger partial charge is 0.0998 e. The molecule has 0 aliphatic heterocycles. The molecule has 2 aliphatic rings. The zero-order valence-corrected chi connectivity index (χ0v) is 22.7. The Kier molecular flexibility index (Phi) is 9.40. The summed E-state index contributed by atoms with van der Waals surface area (Å²) in [6.07, 6.45) is 14.8. The van der Waals surface area contributed by atoms with Gasteiger partial charge in [0, 0.05) is 18.8 Å². The first-order valence-corrected chi connectivity index (χ1v) is 14.3. The fourth-order valence-electron chi connectivity index (χ4n) is 6.19. The monoisotopic (exact) mass is 493 g/mol. The van der Waals surface area contributed by atoms with Gasteiger partial charge in [-0.15, -0.1) is 0 Å². The van der Waals surface area contributed by atoms with Gasteiger partial charge in [0.2, 0.25) is 0 Å². The number of nitriles is 1. The highest BCUT2D eigenvalue weighted by Gasteiger charge is 2.38. The van der Waals surface area contributed by atoms with Crippen molar-refractivity contribution in [2.75, 3.05) is 13.1 Å². The average molecular weight is 494 g/mol. The van der Waals surface area contributed by atoms with Gasteiger partial charge in [-0.2, -0.15) is 5.26 Å². The molecule has 0 radical (unpaired) electrons.